The molecule has 90 valence electrons. The smallest absolute Gasteiger partial charge is 0.0550 e. The van der Waals surface area contributed by atoms with E-state index in [1.165, 1.54) is 11.3 Å². The van der Waals surface area contributed by atoms with E-state index in [1.54, 1.807) is 0 Å². The molecule has 1 unspecified atom stereocenters. The summed E-state index contributed by atoms with van der Waals surface area (Å²) < 4.78 is 5.41. The molecule has 1 aliphatic heterocycles. The van der Waals surface area contributed by atoms with Crippen molar-refractivity contribution in [2.24, 2.45) is 5.92 Å². The highest BCUT2D eigenvalue weighted by Crippen LogP contribution is 2.25. The minimum atomic E-state index is 0.512. The van der Waals surface area contributed by atoms with Gasteiger partial charge in [0.25, 0.3) is 0 Å². The standard InChI is InChI=1S/C12H21N3O/c1-9(2)5-13-6-11-7-14-15-12(11)10-3-4-16-8-10/h7,9-10,13H,3-6,8H2,1-2H3,(H,14,15). The lowest BCUT2D eigenvalue weighted by Crippen LogP contribution is -2.19. The van der Waals surface area contributed by atoms with Crippen molar-refractivity contribution in [3.8, 4) is 0 Å². The van der Waals surface area contributed by atoms with E-state index in [9.17, 15) is 0 Å². The summed E-state index contributed by atoms with van der Waals surface area (Å²) in [6.07, 6.45) is 3.04. The first-order chi connectivity index (χ1) is 7.77. The maximum atomic E-state index is 5.41. The summed E-state index contributed by atoms with van der Waals surface area (Å²) in [5.74, 6) is 1.20. The molecule has 1 saturated heterocycles. The van der Waals surface area contributed by atoms with Gasteiger partial charge in [-0.3, -0.25) is 5.10 Å². The summed E-state index contributed by atoms with van der Waals surface area (Å²) in [4.78, 5) is 0. The minimum Gasteiger partial charge on any atom is -0.381 e. The van der Waals surface area contributed by atoms with Gasteiger partial charge in [-0.25, -0.2) is 0 Å². The molecule has 1 atom stereocenters. The van der Waals surface area contributed by atoms with Crippen molar-refractivity contribution in [3.63, 3.8) is 0 Å². The zero-order valence-corrected chi connectivity index (χ0v) is 10.1. The number of rotatable bonds is 5. The molecule has 0 bridgehead atoms. The van der Waals surface area contributed by atoms with Crippen molar-refractivity contribution in [1.82, 2.24) is 15.5 Å². The van der Waals surface area contributed by atoms with E-state index in [1.807, 2.05) is 6.20 Å². The van der Waals surface area contributed by atoms with Crippen molar-refractivity contribution >= 4 is 0 Å². The third-order valence-corrected chi connectivity index (χ3v) is 2.96. The molecule has 0 saturated carbocycles. The highest BCUT2D eigenvalue weighted by Gasteiger charge is 2.21. The summed E-state index contributed by atoms with van der Waals surface area (Å²) >= 11 is 0. The van der Waals surface area contributed by atoms with Gasteiger partial charge >= 0.3 is 0 Å². The van der Waals surface area contributed by atoms with E-state index in [4.69, 9.17) is 4.74 Å². The first-order valence-corrected chi connectivity index (χ1v) is 6.08. The molecule has 0 aromatic carbocycles. The Morgan fingerprint density at radius 2 is 2.50 bits per heavy atom. The van der Waals surface area contributed by atoms with Crippen LogP contribution >= 0.6 is 0 Å². The number of hydrogen-bond acceptors (Lipinski definition) is 3. The predicted octanol–water partition coefficient (Wildman–Crippen LogP) is 1.66. The SMILES string of the molecule is CC(C)CNCc1cn[nH]c1C1CCOC1. The number of nitrogens with one attached hydrogen (secondary N) is 2. The van der Waals surface area contributed by atoms with Gasteiger partial charge in [-0.1, -0.05) is 13.8 Å². The quantitative estimate of drug-likeness (QED) is 0.798. The van der Waals surface area contributed by atoms with E-state index < -0.39 is 0 Å². The van der Waals surface area contributed by atoms with Crippen LogP contribution in [0.5, 0.6) is 0 Å². The van der Waals surface area contributed by atoms with Gasteiger partial charge in [0.05, 0.1) is 12.8 Å². The van der Waals surface area contributed by atoms with E-state index in [2.05, 4.69) is 29.4 Å². The van der Waals surface area contributed by atoms with Crippen molar-refractivity contribution in [3.05, 3.63) is 17.5 Å². The van der Waals surface area contributed by atoms with Gasteiger partial charge in [0, 0.05) is 30.3 Å². The summed E-state index contributed by atoms with van der Waals surface area (Å²) in [6.45, 7) is 8.09. The monoisotopic (exact) mass is 223 g/mol. The van der Waals surface area contributed by atoms with Crippen LogP contribution in [-0.2, 0) is 11.3 Å². The molecule has 1 aromatic rings. The average molecular weight is 223 g/mol. The maximum Gasteiger partial charge on any atom is 0.0550 e. The van der Waals surface area contributed by atoms with Gasteiger partial charge in [-0.05, 0) is 18.9 Å². The second kappa shape index (κ2) is 5.46. The maximum absolute atomic E-state index is 5.41. The molecule has 4 nitrogen and oxygen atoms in total. The average Bonchev–Trinajstić information content (AvgIpc) is 2.84. The molecule has 4 heteroatoms. The highest BCUT2D eigenvalue weighted by atomic mass is 16.5. The van der Waals surface area contributed by atoms with E-state index in [0.29, 0.717) is 11.8 Å². The first kappa shape index (κ1) is 11.6. The number of nitrogens with zero attached hydrogens (tertiary/aromatic N) is 1. The molecular formula is C12H21N3O. The fraction of sp³-hybridized carbons (Fsp3) is 0.750. The van der Waals surface area contributed by atoms with Crippen molar-refractivity contribution in [1.29, 1.82) is 0 Å². The molecule has 1 aromatic heterocycles. The van der Waals surface area contributed by atoms with E-state index >= 15 is 0 Å². The Morgan fingerprint density at radius 1 is 1.62 bits per heavy atom. The Bertz CT molecular complexity index is 316. The molecule has 0 aliphatic carbocycles. The Hall–Kier alpha value is -0.870. The van der Waals surface area contributed by atoms with Crippen molar-refractivity contribution in [2.75, 3.05) is 19.8 Å². The number of aromatic nitrogens is 2. The Balaban J connectivity index is 1.91. The van der Waals surface area contributed by atoms with Crippen LogP contribution in [-0.4, -0.2) is 30.0 Å². The molecule has 0 radical (unpaired) electrons. The van der Waals surface area contributed by atoms with Crippen LogP contribution < -0.4 is 5.32 Å². The Labute approximate surface area is 96.8 Å². The second-order valence-corrected chi connectivity index (χ2v) is 4.89. The predicted molar refractivity (Wildman–Crippen MR) is 63.3 cm³/mol. The van der Waals surface area contributed by atoms with E-state index in [-0.39, 0.29) is 0 Å². The number of H-pyrrole nitrogens is 1. The summed E-state index contributed by atoms with van der Waals surface area (Å²) in [7, 11) is 0. The molecule has 2 N–H and O–H groups in total. The lowest BCUT2D eigenvalue weighted by atomic mass is 10.0. The molecule has 2 heterocycles. The lowest BCUT2D eigenvalue weighted by Gasteiger charge is -2.10. The normalized spacial score (nSPS) is 20.8. The number of ether oxygens (including phenoxy) is 1. The molecule has 16 heavy (non-hydrogen) atoms. The lowest BCUT2D eigenvalue weighted by molar-refractivity contribution is 0.193. The highest BCUT2D eigenvalue weighted by molar-refractivity contribution is 5.21. The third-order valence-electron chi connectivity index (χ3n) is 2.96. The van der Waals surface area contributed by atoms with Crippen LogP contribution in [0.1, 0.15) is 37.4 Å². The minimum absolute atomic E-state index is 0.512. The van der Waals surface area contributed by atoms with Crippen LogP contribution in [0.15, 0.2) is 6.20 Å². The van der Waals surface area contributed by atoms with Gasteiger partial charge in [-0.2, -0.15) is 5.10 Å². The fourth-order valence-electron chi connectivity index (χ4n) is 2.07. The van der Waals surface area contributed by atoms with Crippen LogP contribution in [0.2, 0.25) is 0 Å². The van der Waals surface area contributed by atoms with Gasteiger partial charge in [-0.15, -0.1) is 0 Å². The third kappa shape index (κ3) is 2.83. The van der Waals surface area contributed by atoms with Crippen molar-refractivity contribution < 1.29 is 4.74 Å². The molecular weight excluding hydrogens is 202 g/mol. The number of hydrogen-bond donors (Lipinski definition) is 2. The van der Waals surface area contributed by atoms with E-state index in [0.717, 1.165) is 32.7 Å². The van der Waals surface area contributed by atoms with Crippen LogP contribution in [0.3, 0.4) is 0 Å². The summed E-state index contributed by atoms with van der Waals surface area (Å²) in [5, 5.41) is 10.7. The van der Waals surface area contributed by atoms with Crippen molar-refractivity contribution in [2.45, 2.75) is 32.7 Å². The van der Waals surface area contributed by atoms with Crippen LogP contribution in [0, 0.1) is 5.92 Å². The second-order valence-electron chi connectivity index (χ2n) is 4.89. The number of aromatic amines is 1. The van der Waals surface area contributed by atoms with Crippen LogP contribution in [0.25, 0.3) is 0 Å². The van der Waals surface area contributed by atoms with Gasteiger partial charge in [0.15, 0.2) is 0 Å². The zero-order valence-electron chi connectivity index (χ0n) is 10.1. The molecule has 0 spiro atoms. The molecule has 0 amide bonds. The molecule has 2 rings (SSSR count). The summed E-state index contributed by atoms with van der Waals surface area (Å²) in [6, 6.07) is 0. The molecule has 1 aliphatic rings. The first-order valence-electron chi connectivity index (χ1n) is 6.08. The fourth-order valence-corrected chi connectivity index (χ4v) is 2.07. The van der Waals surface area contributed by atoms with Gasteiger partial charge in [0.1, 0.15) is 0 Å². The van der Waals surface area contributed by atoms with Crippen LogP contribution in [0.4, 0.5) is 0 Å². The summed E-state index contributed by atoms with van der Waals surface area (Å²) in [5.41, 5.74) is 2.55. The Kier molecular flexibility index (Phi) is 3.96. The van der Waals surface area contributed by atoms with Gasteiger partial charge < -0.3 is 10.1 Å². The molecule has 1 fully saturated rings. The largest absolute Gasteiger partial charge is 0.381 e. The Morgan fingerprint density at radius 3 is 3.19 bits per heavy atom. The van der Waals surface area contributed by atoms with Gasteiger partial charge in [0.2, 0.25) is 0 Å². The topological polar surface area (TPSA) is 49.9 Å². The zero-order chi connectivity index (χ0) is 11.4.